The van der Waals surface area contributed by atoms with Crippen LogP contribution in [0.4, 0.5) is 4.39 Å². The summed E-state index contributed by atoms with van der Waals surface area (Å²) in [4.78, 5) is 11.4. The summed E-state index contributed by atoms with van der Waals surface area (Å²) in [6.07, 6.45) is 5.48. The molecule has 1 aliphatic rings. The van der Waals surface area contributed by atoms with E-state index in [-0.39, 0.29) is 17.8 Å². The molecule has 0 fully saturated rings. The molecule has 0 aromatic heterocycles. The van der Waals surface area contributed by atoms with E-state index in [2.05, 4.69) is 11.6 Å². The molecule has 1 N–H and O–H groups in total. The Morgan fingerprint density at radius 1 is 1.35 bits per heavy atom. The van der Waals surface area contributed by atoms with Crippen LogP contribution >= 0.6 is 11.8 Å². The lowest BCUT2D eigenvalue weighted by Gasteiger charge is -2.16. The average Bonchev–Trinajstić information content (AvgIpc) is 2.79. The largest absolute Gasteiger partial charge is 0.491 e. The average molecular weight is 295 g/mol. The van der Waals surface area contributed by atoms with E-state index in [1.54, 1.807) is 23.9 Å². The van der Waals surface area contributed by atoms with Crippen molar-refractivity contribution in [2.24, 2.45) is 0 Å². The van der Waals surface area contributed by atoms with Gasteiger partial charge in [0.25, 0.3) is 0 Å². The first kappa shape index (κ1) is 14.9. The van der Waals surface area contributed by atoms with Crippen LogP contribution < -0.4 is 5.32 Å². The van der Waals surface area contributed by atoms with Gasteiger partial charge in [-0.25, -0.2) is 4.39 Å². The fraction of sp³-hybridized carbons (Fsp3) is 0.400. The van der Waals surface area contributed by atoms with Gasteiger partial charge in [-0.15, -0.1) is 0 Å². The van der Waals surface area contributed by atoms with Crippen molar-refractivity contribution in [2.45, 2.75) is 25.5 Å². The van der Waals surface area contributed by atoms with Gasteiger partial charge in [0.05, 0.1) is 6.04 Å². The first-order valence-electron chi connectivity index (χ1n) is 6.57. The molecule has 2 rings (SSSR count). The SMILES string of the molecule is CSCCC[C@@H]1NC(=O)C=C1OCc1ccc(F)cc1. The molecule has 20 heavy (non-hydrogen) atoms. The minimum absolute atomic E-state index is 0.0323. The predicted molar refractivity (Wildman–Crippen MR) is 78.8 cm³/mol. The lowest BCUT2D eigenvalue weighted by atomic mass is 10.1. The quantitative estimate of drug-likeness (QED) is 0.786. The monoisotopic (exact) mass is 295 g/mol. The highest BCUT2D eigenvalue weighted by atomic mass is 32.2. The molecule has 0 aliphatic carbocycles. The van der Waals surface area contributed by atoms with Crippen molar-refractivity contribution >= 4 is 17.7 Å². The summed E-state index contributed by atoms with van der Waals surface area (Å²) in [6.45, 7) is 0.347. The number of carbonyl (C=O) groups excluding carboxylic acids is 1. The maximum Gasteiger partial charge on any atom is 0.248 e. The third-order valence-corrected chi connectivity index (χ3v) is 3.79. The zero-order valence-corrected chi connectivity index (χ0v) is 12.2. The minimum atomic E-state index is -0.263. The second-order valence-corrected chi connectivity index (χ2v) is 5.64. The Morgan fingerprint density at radius 3 is 2.80 bits per heavy atom. The second-order valence-electron chi connectivity index (χ2n) is 4.66. The van der Waals surface area contributed by atoms with Gasteiger partial charge in [-0.1, -0.05) is 12.1 Å². The molecule has 0 spiro atoms. The maximum atomic E-state index is 12.8. The van der Waals surface area contributed by atoms with Gasteiger partial charge in [0.2, 0.25) is 5.91 Å². The summed E-state index contributed by atoms with van der Waals surface area (Å²) >= 11 is 1.79. The van der Waals surface area contributed by atoms with Crippen LogP contribution in [-0.4, -0.2) is 24.0 Å². The summed E-state index contributed by atoms with van der Waals surface area (Å²) in [7, 11) is 0. The molecule has 0 bridgehead atoms. The molecule has 1 aliphatic heterocycles. The third kappa shape index (κ3) is 4.27. The molecule has 0 saturated carbocycles. The number of nitrogens with one attached hydrogen (secondary N) is 1. The highest BCUT2D eigenvalue weighted by molar-refractivity contribution is 7.98. The Bertz CT molecular complexity index is 487. The molecule has 3 nitrogen and oxygen atoms in total. The van der Waals surface area contributed by atoms with Crippen molar-refractivity contribution in [3.63, 3.8) is 0 Å². The van der Waals surface area contributed by atoms with Crippen LogP contribution in [0.5, 0.6) is 0 Å². The minimum Gasteiger partial charge on any atom is -0.491 e. The number of halogens is 1. The van der Waals surface area contributed by atoms with E-state index >= 15 is 0 Å². The molecule has 0 unspecified atom stereocenters. The molecular weight excluding hydrogens is 277 g/mol. The number of carbonyl (C=O) groups is 1. The summed E-state index contributed by atoms with van der Waals surface area (Å²) in [5, 5.41) is 2.88. The van der Waals surface area contributed by atoms with Gasteiger partial charge < -0.3 is 10.1 Å². The van der Waals surface area contributed by atoms with Crippen LogP contribution in [0.3, 0.4) is 0 Å². The van der Waals surface area contributed by atoms with Gasteiger partial charge in [0.15, 0.2) is 0 Å². The number of thioether (sulfide) groups is 1. The van der Waals surface area contributed by atoms with Crippen LogP contribution in [0.2, 0.25) is 0 Å². The number of hydrogen-bond donors (Lipinski definition) is 1. The van der Waals surface area contributed by atoms with E-state index in [9.17, 15) is 9.18 Å². The fourth-order valence-corrected chi connectivity index (χ4v) is 2.51. The van der Waals surface area contributed by atoms with Crippen LogP contribution in [0.25, 0.3) is 0 Å². The number of amides is 1. The van der Waals surface area contributed by atoms with Gasteiger partial charge in [-0.2, -0.15) is 11.8 Å². The first-order chi connectivity index (χ1) is 9.69. The standard InChI is InChI=1S/C15H18FNO2S/c1-20-8-2-3-13-14(9-15(18)17-13)19-10-11-4-6-12(16)7-5-11/h4-7,9,13H,2-3,8,10H2,1H3,(H,17,18)/t13-/m0/s1. The topological polar surface area (TPSA) is 38.3 Å². The Labute approximate surface area is 122 Å². The van der Waals surface area contributed by atoms with Crippen LogP contribution in [-0.2, 0) is 16.1 Å². The van der Waals surface area contributed by atoms with Crippen LogP contribution in [0, 0.1) is 5.82 Å². The van der Waals surface area contributed by atoms with Crippen molar-refractivity contribution in [3.8, 4) is 0 Å². The van der Waals surface area contributed by atoms with E-state index in [0.29, 0.717) is 12.4 Å². The molecule has 108 valence electrons. The summed E-state index contributed by atoms with van der Waals surface area (Å²) in [6, 6.07) is 6.14. The van der Waals surface area contributed by atoms with Crippen LogP contribution in [0.1, 0.15) is 18.4 Å². The van der Waals surface area contributed by atoms with Crippen LogP contribution in [0.15, 0.2) is 36.1 Å². The summed E-state index contributed by atoms with van der Waals surface area (Å²) < 4.78 is 18.5. The molecular formula is C15H18FNO2S. The number of benzene rings is 1. The lowest BCUT2D eigenvalue weighted by Crippen LogP contribution is -2.29. The molecule has 0 saturated heterocycles. The first-order valence-corrected chi connectivity index (χ1v) is 7.96. The fourth-order valence-electron chi connectivity index (χ4n) is 2.05. The molecule has 1 amide bonds. The summed E-state index contributed by atoms with van der Waals surface area (Å²) in [5.41, 5.74) is 0.884. The maximum absolute atomic E-state index is 12.8. The normalized spacial score (nSPS) is 17.8. The highest BCUT2D eigenvalue weighted by Gasteiger charge is 2.24. The number of ether oxygens (including phenoxy) is 1. The highest BCUT2D eigenvalue weighted by Crippen LogP contribution is 2.18. The number of rotatable bonds is 7. The van der Waals surface area contributed by atoms with E-state index in [1.807, 2.05) is 0 Å². The zero-order valence-electron chi connectivity index (χ0n) is 11.4. The van der Waals surface area contributed by atoms with E-state index in [1.165, 1.54) is 18.2 Å². The van der Waals surface area contributed by atoms with Gasteiger partial charge in [0, 0.05) is 6.08 Å². The molecule has 1 heterocycles. The second kappa shape index (κ2) is 7.33. The Hall–Kier alpha value is -1.49. The molecule has 1 aromatic carbocycles. The van der Waals surface area contributed by atoms with E-state index < -0.39 is 0 Å². The molecule has 5 heteroatoms. The molecule has 1 aromatic rings. The van der Waals surface area contributed by atoms with E-state index in [0.717, 1.165) is 24.2 Å². The molecule has 0 radical (unpaired) electrons. The van der Waals surface area contributed by atoms with Gasteiger partial charge in [0.1, 0.15) is 18.2 Å². The predicted octanol–water partition coefficient (Wildman–Crippen LogP) is 2.87. The van der Waals surface area contributed by atoms with Gasteiger partial charge in [-0.3, -0.25) is 4.79 Å². The van der Waals surface area contributed by atoms with Crippen molar-refractivity contribution in [2.75, 3.05) is 12.0 Å². The van der Waals surface area contributed by atoms with Gasteiger partial charge in [-0.05, 0) is 42.5 Å². The van der Waals surface area contributed by atoms with Crippen molar-refractivity contribution in [1.82, 2.24) is 5.32 Å². The van der Waals surface area contributed by atoms with E-state index in [4.69, 9.17) is 4.74 Å². The lowest BCUT2D eigenvalue weighted by molar-refractivity contribution is -0.116. The Balaban J connectivity index is 1.87. The zero-order chi connectivity index (χ0) is 14.4. The van der Waals surface area contributed by atoms with Crippen molar-refractivity contribution in [1.29, 1.82) is 0 Å². The van der Waals surface area contributed by atoms with Crippen molar-refractivity contribution < 1.29 is 13.9 Å². The third-order valence-electron chi connectivity index (χ3n) is 3.09. The van der Waals surface area contributed by atoms with Crippen molar-refractivity contribution in [3.05, 3.63) is 47.5 Å². The van der Waals surface area contributed by atoms with Gasteiger partial charge >= 0.3 is 0 Å². The Morgan fingerprint density at radius 2 is 2.10 bits per heavy atom. The Kier molecular flexibility index (Phi) is 5.47. The summed E-state index contributed by atoms with van der Waals surface area (Å²) in [5.74, 6) is 1.38. The molecule has 1 atom stereocenters. The number of hydrogen-bond acceptors (Lipinski definition) is 3. The smallest absolute Gasteiger partial charge is 0.248 e.